The van der Waals surface area contributed by atoms with Crippen molar-refractivity contribution in [2.75, 3.05) is 0 Å². The Balaban J connectivity index is 2.41. The van der Waals surface area contributed by atoms with Gasteiger partial charge in [-0.1, -0.05) is 6.92 Å². The molecule has 0 saturated heterocycles. The summed E-state index contributed by atoms with van der Waals surface area (Å²) in [6.45, 7) is 8.47. The van der Waals surface area contributed by atoms with Crippen molar-refractivity contribution in [1.29, 1.82) is 0 Å². The number of aromatic nitrogens is 2. The van der Waals surface area contributed by atoms with Crippen molar-refractivity contribution in [2.24, 2.45) is 4.99 Å². The van der Waals surface area contributed by atoms with Crippen LogP contribution in [0, 0.1) is 0 Å². The molecule has 2 rings (SSSR count). The van der Waals surface area contributed by atoms with E-state index in [9.17, 15) is 0 Å². The first-order chi connectivity index (χ1) is 7.04. The molecule has 0 unspecified atom stereocenters. The Morgan fingerprint density at radius 3 is 2.60 bits per heavy atom. The molecule has 0 atom stereocenters. The Hall–Kier alpha value is -1.38. The molecule has 3 heteroatoms. The highest BCUT2D eigenvalue weighted by atomic mass is 15.3. The zero-order valence-electron chi connectivity index (χ0n) is 9.78. The van der Waals surface area contributed by atoms with Crippen molar-refractivity contribution in [1.82, 2.24) is 9.78 Å². The zero-order valence-corrected chi connectivity index (χ0v) is 9.78. The molecule has 1 aliphatic rings. The average Bonchev–Trinajstić information content (AvgIpc) is 2.74. The lowest BCUT2D eigenvalue weighted by Gasteiger charge is -2.16. The Bertz CT molecular complexity index is 435. The predicted octanol–water partition coefficient (Wildman–Crippen LogP) is 2.54. The second-order valence-electron chi connectivity index (χ2n) is 4.43. The number of hydrogen-bond donors (Lipinski definition) is 0. The van der Waals surface area contributed by atoms with E-state index in [0.717, 1.165) is 17.8 Å². The molecule has 2 heterocycles. The molecule has 0 saturated carbocycles. The molecule has 0 amide bonds. The van der Waals surface area contributed by atoms with Gasteiger partial charge in [-0.2, -0.15) is 5.10 Å². The minimum Gasteiger partial charge on any atom is -0.280 e. The second-order valence-corrected chi connectivity index (χ2v) is 4.43. The maximum atomic E-state index is 4.49. The smallest absolute Gasteiger partial charge is 0.0837 e. The van der Waals surface area contributed by atoms with Crippen LogP contribution in [0.4, 0.5) is 0 Å². The molecule has 1 aromatic heterocycles. The van der Waals surface area contributed by atoms with Crippen LogP contribution in [0.1, 0.15) is 33.4 Å². The minimum absolute atomic E-state index is 0.0757. The van der Waals surface area contributed by atoms with E-state index in [1.807, 2.05) is 17.1 Å². The minimum atomic E-state index is -0.0757. The first-order valence-electron chi connectivity index (χ1n) is 5.36. The standard InChI is InChI=1S/C12H17N3/c1-5-10-6-7-15(14-10)11-8-13-12(3,4)9(11)2/h6-8H,5H2,1-4H3. The number of nitrogens with zero attached hydrogens (tertiary/aromatic N) is 3. The van der Waals surface area contributed by atoms with Gasteiger partial charge in [-0.05, 0) is 38.8 Å². The molecule has 1 aliphatic heterocycles. The number of allylic oxidation sites excluding steroid dienone is 1. The van der Waals surface area contributed by atoms with E-state index in [0.29, 0.717) is 0 Å². The van der Waals surface area contributed by atoms with Gasteiger partial charge in [0.15, 0.2) is 0 Å². The highest BCUT2D eigenvalue weighted by Gasteiger charge is 2.26. The van der Waals surface area contributed by atoms with Gasteiger partial charge >= 0.3 is 0 Å². The van der Waals surface area contributed by atoms with Crippen LogP contribution in [-0.4, -0.2) is 21.5 Å². The molecule has 15 heavy (non-hydrogen) atoms. The summed E-state index contributed by atoms with van der Waals surface area (Å²) in [6, 6.07) is 2.06. The van der Waals surface area contributed by atoms with Gasteiger partial charge in [0.25, 0.3) is 0 Å². The molecule has 0 aromatic carbocycles. The van der Waals surface area contributed by atoms with Gasteiger partial charge in [0, 0.05) is 12.4 Å². The Morgan fingerprint density at radius 1 is 1.40 bits per heavy atom. The third-order valence-electron chi connectivity index (χ3n) is 3.06. The lowest BCUT2D eigenvalue weighted by molar-refractivity contribution is 0.628. The van der Waals surface area contributed by atoms with Crippen LogP contribution < -0.4 is 0 Å². The quantitative estimate of drug-likeness (QED) is 0.726. The summed E-state index contributed by atoms with van der Waals surface area (Å²) in [6.07, 6.45) is 4.90. The largest absolute Gasteiger partial charge is 0.280 e. The summed E-state index contributed by atoms with van der Waals surface area (Å²) in [7, 11) is 0. The molecule has 0 aliphatic carbocycles. The first-order valence-corrected chi connectivity index (χ1v) is 5.36. The van der Waals surface area contributed by atoms with Gasteiger partial charge in [0.2, 0.25) is 0 Å². The van der Waals surface area contributed by atoms with Crippen LogP contribution in [0.3, 0.4) is 0 Å². The van der Waals surface area contributed by atoms with Crippen molar-refractivity contribution in [3.63, 3.8) is 0 Å². The van der Waals surface area contributed by atoms with Gasteiger partial charge in [-0.3, -0.25) is 4.99 Å². The Labute approximate surface area is 90.5 Å². The molecule has 3 nitrogen and oxygen atoms in total. The number of rotatable bonds is 2. The van der Waals surface area contributed by atoms with Gasteiger partial charge in [0.1, 0.15) is 0 Å². The van der Waals surface area contributed by atoms with Crippen LogP contribution in [0.15, 0.2) is 22.8 Å². The fraction of sp³-hybridized carbons (Fsp3) is 0.500. The summed E-state index contributed by atoms with van der Waals surface area (Å²) in [5, 5.41) is 4.49. The molecular weight excluding hydrogens is 186 g/mol. The maximum Gasteiger partial charge on any atom is 0.0837 e. The molecule has 0 N–H and O–H groups in total. The predicted molar refractivity (Wildman–Crippen MR) is 63.1 cm³/mol. The summed E-state index contributed by atoms with van der Waals surface area (Å²) in [5.74, 6) is 0. The molecular formula is C12H17N3. The molecule has 0 spiro atoms. The molecule has 0 radical (unpaired) electrons. The van der Waals surface area contributed by atoms with Gasteiger partial charge in [-0.25, -0.2) is 4.68 Å². The van der Waals surface area contributed by atoms with Crippen LogP contribution in [-0.2, 0) is 6.42 Å². The highest BCUT2D eigenvalue weighted by Crippen LogP contribution is 2.29. The van der Waals surface area contributed by atoms with E-state index < -0.39 is 0 Å². The molecule has 80 valence electrons. The van der Waals surface area contributed by atoms with E-state index in [2.05, 4.69) is 43.9 Å². The van der Waals surface area contributed by atoms with Crippen LogP contribution in [0.25, 0.3) is 5.70 Å². The topological polar surface area (TPSA) is 30.2 Å². The van der Waals surface area contributed by atoms with Gasteiger partial charge in [-0.15, -0.1) is 0 Å². The SMILES string of the molecule is CCc1ccn(C2=C(C)C(C)(C)N=C2)n1. The summed E-state index contributed by atoms with van der Waals surface area (Å²) in [4.78, 5) is 4.48. The van der Waals surface area contributed by atoms with E-state index in [4.69, 9.17) is 0 Å². The second kappa shape index (κ2) is 3.33. The summed E-state index contributed by atoms with van der Waals surface area (Å²) in [5.41, 5.74) is 3.43. The van der Waals surface area contributed by atoms with Crippen LogP contribution >= 0.6 is 0 Å². The first kappa shape index (κ1) is 10.1. The van der Waals surface area contributed by atoms with E-state index in [-0.39, 0.29) is 5.54 Å². The van der Waals surface area contributed by atoms with Crippen LogP contribution in [0.5, 0.6) is 0 Å². The molecule has 0 bridgehead atoms. The summed E-state index contributed by atoms with van der Waals surface area (Å²) >= 11 is 0. The zero-order chi connectivity index (χ0) is 11.1. The fourth-order valence-corrected chi connectivity index (χ4v) is 1.64. The summed E-state index contributed by atoms with van der Waals surface area (Å²) < 4.78 is 1.92. The number of aliphatic imine (C=N–C) groups is 1. The van der Waals surface area contributed by atoms with Gasteiger partial charge in [0.05, 0.1) is 16.9 Å². The van der Waals surface area contributed by atoms with Crippen molar-refractivity contribution in [2.45, 2.75) is 39.7 Å². The van der Waals surface area contributed by atoms with E-state index >= 15 is 0 Å². The lowest BCUT2D eigenvalue weighted by atomic mass is 9.97. The Morgan fingerprint density at radius 2 is 2.13 bits per heavy atom. The van der Waals surface area contributed by atoms with Crippen molar-refractivity contribution in [3.8, 4) is 0 Å². The lowest BCUT2D eigenvalue weighted by Crippen LogP contribution is -2.15. The van der Waals surface area contributed by atoms with E-state index in [1.165, 1.54) is 5.57 Å². The average molecular weight is 203 g/mol. The monoisotopic (exact) mass is 203 g/mol. The number of hydrogen-bond acceptors (Lipinski definition) is 2. The maximum absolute atomic E-state index is 4.49. The van der Waals surface area contributed by atoms with Crippen molar-refractivity contribution in [3.05, 3.63) is 23.5 Å². The third-order valence-corrected chi connectivity index (χ3v) is 3.06. The Kier molecular flexibility index (Phi) is 2.25. The fourth-order valence-electron chi connectivity index (χ4n) is 1.64. The third kappa shape index (κ3) is 1.62. The van der Waals surface area contributed by atoms with Crippen molar-refractivity contribution >= 4 is 11.9 Å². The highest BCUT2D eigenvalue weighted by molar-refractivity contribution is 6.06. The molecule has 0 fully saturated rings. The van der Waals surface area contributed by atoms with Gasteiger partial charge < -0.3 is 0 Å². The van der Waals surface area contributed by atoms with Crippen molar-refractivity contribution < 1.29 is 0 Å². The number of aryl methyl sites for hydroxylation is 1. The van der Waals surface area contributed by atoms with E-state index in [1.54, 1.807) is 0 Å². The van der Waals surface area contributed by atoms with Crippen LogP contribution in [0.2, 0.25) is 0 Å². The normalized spacial score (nSPS) is 18.9. The molecule has 1 aromatic rings.